The van der Waals surface area contributed by atoms with Crippen LogP contribution in [0.2, 0.25) is 0 Å². The first-order valence-electron chi connectivity index (χ1n) is 6.26. The molecule has 2 aromatic rings. The highest BCUT2D eigenvalue weighted by atomic mass is 32.2. The third-order valence-electron chi connectivity index (χ3n) is 3.31. The normalized spacial score (nSPS) is 17.9. The maximum atomic E-state index is 12.7. The predicted molar refractivity (Wildman–Crippen MR) is 73.2 cm³/mol. The van der Waals surface area contributed by atoms with Gasteiger partial charge in [-0.1, -0.05) is 12.1 Å². The molecule has 1 aromatic carbocycles. The highest BCUT2D eigenvalue weighted by Gasteiger charge is 2.28. The third-order valence-corrected chi connectivity index (χ3v) is 5.25. The van der Waals surface area contributed by atoms with Gasteiger partial charge in [0.25, 0.3) is 0 Å². The number of nitrogens with zero attached hydrogens (tertiary/aromatic N) is 3. The number of hydrogen-bond donors (Lipinski definition) is 1. The Bertz CT molecular complexity index is 702. The fraction of sp³-hybridized carbons (Fsp3) is 0.417. The number of rotatable bonds is 2. The first-order valence-corrected chi connectivity index (χ1v) is 7.66. The van der Waals surface area contributed by atoms with E-state index in [4.69, 9.17) is 0 Å². The van der Waals surface area contributed by atoms with Crippen molar-refractivity contribution in [2.24, 2.45) is 0 Å². The molecule has 0 spiro atoms. The van der Waals surface area contributed by atoms with Gasteiger partial charge < -0.3 is 5.32 Å². The van der Waals surface area contributed by atoms with Gasteiger partial charge in [-0.3, -0.25) is 0 Å². The molecule has 0 amide bonds. The molecule has 1 saturated heterocycles. The number of fused-ring (bicyclic) bond motifs is 1. The second-order valence-corrected chi connectivity index (χ2v) is 6.35. The summed E-state index contributed by atoms with van der Waals surface area (Å²) in [5.41, 5.74) is 1.34. The van der Waals surface area contributed by atoms with Crippen molar-refractivity contribution in [2.75, 3.05) is 26.2 Å². The summed E-state index contributed by atoms with van der Waals surface area (Å²) in [4.78, 5) is 4.32. The zero-order valence-corrected chi connectivity index (χ0v) is 11.5. The molecule has 1 fully saturated rings. The van der Waals surface area contributed by atoms with Crippen LogP contribution in [-0.4, -0.2) is 47.9 Å². The molecule has 1 aliphatic rings. The van der Waals surface area contributed by atoms with E-state index in [1.807, 2.05) is 18.2 Å². The van der Waals surface area contributed by atoms with Crippen LogP contribution >= 0.6 is 0 Å². The molecule has 1 N–H and O–H groups in total. The number of para-hydroxylation sites is 2. The molecule has 0 atom stereocenters. The van der Waals surface area contributed by atoms with E-state index in [0.29, 0.717) is 43.0 Å². The van der Waals surface area contributed by atoms with Crippen LogP contribution in [0.1, 0.15) is 5.82 Å². The fourth-order valence-electron chi connectivity index (χ4n) is 2.41. The van der Waals surface area contributed by atoms with E-state index in [-0.39, 0.29) is 0 Å². The minimum atomic E-state index is -3.53. The zero-order chi connectivity index (χ0) is 13.5. The average molecular weight is 280 g/mol. The molecule has 1 aliphatic heterocycles. The molecule has 0 saturated carbocycles. The smallest absolute Gasteiger partial charge is 0.309 e. The van der Waals surface area contributed by atoms with Crippen LogP contribution in [0.3, 0.4) is 0 Å². The second kappa shape index (κ2) is 4.59. The molecule has 6 nitrogen and oxygen atoms in total. The van der Waals surface area contributed by atoms with Crippen LogP contribution < -0.4 is 5.32 Å². The van der Waals surface area contributed by atoms with E-state index in [2.05, 4.69) is 10.3 Å². The van der Waals surface area contributed by atoms with Gasteiger partial charge in [-0.15, -0.1) is 0 Å². The largest absolute Gasteiger partial charge is 0.314 e. The summed E-state index contributed by atoms with van der Waals surface area (Å²) in [6.45, 7) is 4.08. The van der Waals surface area contributed by atoms with Gasteiger partial charge in [0.1, 0.15) is 5.82 Å². The molecular formula is C12H16N4O2S. The summed E-state index contributed by atoms with van der Waals surface area (Å²) in [6.07, 6.45) is 0. The Labute approximate surface area is 112 Å². The van der Waals surface area contributed by atoms with Gasteiger partial charge in [0.15, 0.2) is 0 Å². The average Bonchev–Trinajstić information content (AvgIpc) is 2.76. The van der Waals surface area contributed by atoms with Crippen molar-refractivity contribution < 1.29 is 8.42 Å². The van der Waals surface area contributed by atoms with Crippen LogP contribution in [0, 0.1) is 6.92 Å². The summed E-state index contributed by atoms with van der Waals surface area (Å²) >= 11 is 0. The lowest BCUT2D eigenvalue weighted by Gasteiger charge is -2.27. The topological polar surface area (TPSA) is 67.2 Å². The number of benzene rings is 1. The first-order chi connectivity index (χ1) is 9.10. The van der Waals surface area contributed by atoms with Crippen LogP contribution in [0.5, 0.6) is 0 Å². The Morgan fingerprint density at radius 1 is 1.21 bits per heavy atom. The number of hydrogen-bond acceptors (Lipinski definition) is 4. The minimum Gasteiger partial charge on any atom is -0.314 e. The lowest BCUT2D eigenvalue weighted by atomic mass is 10.3. The van der Waals surface area contributed by atoms with E-state index in [9.17, 15) is 8.42 Å². The number of aryl methyl sites for hydroxylation is 1. The summed E-state index contributed by atoms with van der Waals surface area (Å²) in [5, 5.41) is 3.15. The predicted octanol–water partition coefficient (Wildman–Crippen LogP) is 0.343. The molecule has 0 bridgehead atoms. The Hall–Kier alpha value is -1.44. The highest BCUT2D eigenvalue weighted by Crippen LogP contribution is 2.20. The quantitative estimate of drug-likeness (QED) is 0.861. The standard InChI is InChI=1S/C12H16N4O2S/c1-10-14-11-4-2-3-5-12(11)16(10)19(17,18)15-8-6-13-7-9-15/h2-5,13H,6-9H2,1H3. The van der Waals surface area contributed by atoms with E-state index in [1.54, 1.807) is 13.0 Å². The van der Waals surface area contributed by atoms with Gasteiger partial charge in [0, 0.05) is 26.2 Å². The van der Waals surface area contributed by atoms with E-state index >= 15 is 0 Å². The van der Waals surface area contributed by atoms with Gasteiger partial charge in [0.2, 0.25) is 0 Å². The fourth-order valence-corrected chi connectivity index (χ4v) is 4.06. The monoisotopic (exact) mass is 280 g/mol. The molecule has 102 valence electrons. The Morgan fingerprint density at radius 3 is 2.63 bits per heavy atom. The summed E-state index contributed by atoms with van der Waals surface area (Å²) in [7, 11) is -3.53. The van der Waals surface area contributed by atoms with Crippen molar-refractivity contribution in [3.8, 4) is 0 Å². The second-order valence-electron chi connectivity index (χ2n) is 4.57. The molecule has 7 heteroatoms. The number of imidazole rings is 1. The van der Waals surface area contributed by atoms with Gasteiger partial charge in [-0.25, -0.2) is 8.96 Å². The molecule has 3 rings (SSSR count). The van der Waals surface area contributed by atoms with Crippen LogP contribution in [0.15, 0.2) is 24.3 Å². The number of aromatic nitrogens is 2. The van der Waals surface area contributed by atoms with Crippen LogP contribution in [-0.2, 0) is 10.2 Å². The molecule has 0 aliphatic carbocycles. The van der Waals surface area contributed by atoms with Gasteiger partial charge in [-0.05, 0) is 19.1 Å². The maximum Gasteiger partial charge on any atom is 0.309 e. The third kappa shape index (κ3) is 2.03. The zero-order valence-electron chi connectivity index (χ0n) is 10.7. The molecule has 2 heterocycles. The van der Waals surface area contributed by atoms with Gasteiger partial charge in [0.05, 0.1) is 11.0 Å². The van der Waals surface area contributed by atoms with E-state index < -0.39 is 10.2 Å². The lowest BCUT2D eigenvalue weighted by Crippen LogP contribution is -2.48. The SMILES string of the molecule is Cc1nc2ccccc2n1S(=O)(=O)N1CCNCC1. The summed E-state index contributed by atoms with van der Waals surface area (Å²) < 4.78 is 28.3. The molecule has 0 unspecified atom stereocenters. The maximum absolute atomic E-state index is 12.7. The Kier molecular flexibility index (Phi) is 3.04. The van der Waals surface area contributed by atoms with Gasteiger partial charge >= 0.3 is 10.2 Å². The summed E-state index contributed by atoms with van der Waals surface area (Å²) in [5.74, 6) is 0.500. The van der Waals surface area contributed by atoms with Crippen molar-refractivity contribution in [2.45, 2.75) is 6.92 Å². The number of nitrogens with one attached hydrogen (secondary N) is 1. The molecular weight excluding hydrogens is 264 g/mol. The summed E-state index contributed by atoms with van der Waals surface area (Å²) in [6, 6.07) is 7.30. The van der Waals surface area contributed by atoms with Crippen LogP contribution in [0.4, 0.5) is 0 Å². The molecule has 0 radical (unpaired) electrons. The molecule has 1 aromatic heterocycles. The van der Waals surface area contributed by atoms with Gasteiger partial charge in [-0.2, -0.15) is 12.7 Å². The van der Waals surface area contributed by atoms with Crippen molar-refractivity contribution >= 4 is 21.2 Å². The van der Waals surface area contributed by atoms with Crippen LogP contribution in [0.25, 0.3) is 11.0 Å². The van der Waals surface area contributed by atoms with E-state index in [0.717, 1.165) is 0 Å². The minimum absolute atomic E-state index is 0.494. The highest BCUT2D eigenvalue weighted by molar-refractivity contribution is 7.87. The lowest BCUT2D eigenvalue weighted by molar-refractivity contribution is 0.356. The van der Waals surface area contributed by atoms with Crippen molar-refractivity contribution in [3.05, 3.63) is 30.1 Å². The van der Waals surface area contributed by atoms with E-state index in [1.165, 1.54) is 8.28 Å². The van der Waals surface area contributed by atoms with Crippen molar-refractivity contribution in [1.82, 2.24) is 18.6 Å². The molecule has 19 heavy (non-hydrogen) atoms. The van der Waals surface area contributed by atoms with Crippen molar-refractivity contribution in [1.29, 1.82) is 0 Å². The Balaban J connectivity index is 2.15. The first kappa shape index (κ1) is 12.6. The number of piperazine rings is 1. The van der Waals surface area contributed by atoms with Crippen molar-refractivity contribution in [3.63, 3.8) is 0 Å². The Morgan fingerprint density at radius 2 is 1.89 bits per heavy atom.